The minimum absolute atomic E-state index is 0.542. The number of nitrogens with one attached hydrogen (secondary N) is 1. The average Bonchev–Trinajstić information content (AvgIpc) is 2.71. The van der Waals surface area contributed by atoms with E-state index in [1.54, 1.807) is 6.07 Å². The second-order valence-corrected chi connectivity index (χ2v) is 5.76. The van der Waals surface area contributed by atoms with E-state index in [-0.39, 0.29) is 0 Å². The van der Waals surface area contributed by atoms with Gasteiger partial charge >= 0.3 is 0 Å². The minimum atomic E-state index is 0.542. The van der Waals surface area contributed by atoms with Gasteiger partial charge in [-0.1, -0.05) is 37.0 Å². The van der Waals surface area contributed by atoms with Crippen molar-refractivity contribution in [3.63, 3.8) is 0 Å². The number of hydrogen-bond acceptors (Lipinski definition) is 2. The van der Waals surface area contributed by atoms with Crippen LogP contribution in [0.5, 0.6) is 0 Å². The quantitative estimate of drug-likeness (QED) is 0.897. The smallest absolute Gasteiger partial charge is 0.207 e. The van der Waals surface area contributed by atoms with E-state index < -0.39 is 0 Å². The van der Waals surface area contributed by atoms with E-state index in [1.807, 2.05) is 29.8 Å². The van der Waals surface area contributed by atoms with Gasteiger partial charge in [0.2, 0.25) is 5.95 Å². The molecular formula is C14H17Cl2N3. The molecule has 1 N–H and O–H groups in total. The molecule has 19 heavy (non-hydrogen) atoms. The molecule has 0 aliphatic rings. The van der Waals surface area contributed by atoms with Crippen molar-refractivity contribution in [2.45, 2.75) is 20.8 Å². The van der Waals surface area contributed by atoms with E-state index in [9.17, 15) is 0 Å². The Morgan fingerprint density at radius 1 is 1.26 bits per heavy atom. The second-order valence-electron chi connectivity index (χ2n) is 4.95. The molecule has 5 heteroatoms. The molecule has 0 amide bonds. The molecule has 0 saturated carbocycles. The van der Waals surface area contributed by atoms with Crippen molar-refractivity contribution >= 4 is 29.2 Å². The lowest BCUT2D eigenvalue weighted by atomic mass is 10.2. The molecule has 0 unspecified atom stereocenters. The predicted molar refractivity (Wildman–Crippen MR) is 81.6 cm³/mol. The minimum Gasteiger partial charge on any atom is -0.355 e. The van der Waals surface area contributed by atoms with Crippen molar-refractivity contribution in [2.75, 3.05) is 11.9 Å². The fraction of sp³-hybridized carbons (Fsp3) is 0.357. The van der Waals surface area contributed by atoms with Crippen molar-refractivity contribution < 1.29 is 0 Å². The van der Waals surface area contributed by atoms with Gasteiger partial charge in [0.1, 0.15) is 0 Å². The summed E-state index contributed by atoms with van der Waals surface area (Å²) in [5.41, 5.74) is 1.90. The lowest BCUT2D eigenvalue weighted by Crippen LogP contribution is -2.12. The van der Waals surface area contributed by atoms with E-state index in [0.29, 0.717) is 16.0 Å². The number of hydrogen-bond donors (Lipinski definition) is 1. The first-order valence-electron chi connectivity index (χ1n) is 6.22. The molecule has 0 saturated heterocycles. The summed E-state index contributed by atoms with van der Waals surface area (Å²) in [5, 5.41) is 4.44. The van der Waals surface area contributed by atoms with Gasteiger partial charge in [0.15, 0.2) is 0 Å². The van der Waals surface area contributed by atoms with Crippen molar-refractivity contribution in [3.8, 4) is 5.69 Å². The molecule has 1 aromatic heterocycles. The molecule has 0 atom stereocenters. The van der Waals surface area contributed by atoms with Crippen LogP contribution in [0, 0.1) is 12.8 Å². The first kappa shape index (κ1) is 14.2. The van der Waals surface area contributed by atoms with Gasteiger partial charge in [-0.25, -0.2) is 4.98 Å². The fourth-order valence-corrected chi connectivity index (χ4v) is 2.04. The number of halogens is 2. The van der Waals surface area contributed by atoms with Crippen molar-refractivity contribution in [2.24, 2.45) is 5.92 Å². The molecule has 0 fully saturated rings. The van der Waals surface area contributed by atoms with Gasteiger partial charge in [-0.2, -0.15) is 0 Å². The monoisotopic (exact) mass is 297 g/mol. The summed E-state index contributed by atoms with van der Waals surface area (Å²) in [6.45, 7) is 7.16. The van der Waals surface area contributed by atoms with Crippen LogP contribution in [0.15, 0.2) is 24.4 Å². The Labute approximate surface area is 123 Å². The van der Waals surface area contributed by atoms with E-state index >= 15 is 0 Å². The van der Waals surface area contributed by atoms with E-state index in [2.05, 4.69) is 24.1 Å². The van der Waals surface area contributed by atoms with Crippen molar-refractivity contribution in [3.05, 3.63) is 40.1 Å². The molecule has 2 aromatic rings. The van der Waals surface area contributed by atoms with Crippen LogP contribution in [0.2, 0.25) is 10.0 Å². The SMILES string of the molecule is Cc1cn(-c2ccc(Cl)c(Cl)c2)c(NCC(C)C)n1. The lowest BCUT2D eigenvalue weighted by Gasteiger charge is -2.11. The molecule has 0 spiro atoms. The summed E-state index contributed by atoms with van der Waals surface area (Å²) in [6, 6.07) is 5.56. The summed E-state index contributed by atoms with van der Waals surface area (Å²) in [5.74, 6) is 1.38. The summed E-state index contributed by atoms with van der Waals surface area (Å²) >= 11 is 12.0. The molecule has 1 aromatic carbocycles. The third kappa shape index (κ3) is 3.43. The molecule has 0 radical (unpaired) electrons. The number of imidazole rings is 1. The molecule has 0 aliphatic heterocycles. The van der Waals surface area contributed by atoms with Crippen molar-refractivity contribution in [1.82, 2.24) is 9.55 Å². The van der Waals surface area contributed by atoms with Crippen LogP contribution in [0.4, 0.5) is 5.95 Å². The van der Waals surface area contributed by atoms with Gasteiger partial charge in [-0.15, -0.1) is 0 Å². The third-order valence-corrected chi connectivity index (χ3v) is 3.42. The number of rotatable bonds is 4. The van der Waals surface area contributed by atoms with Gasteiger partial charge in [-0.05, 0) is 31.0 Å². The second kappa shape index (κ2) is 5.85. The number of aromatic nitrogens is 2. The van der Waals surface area contributed by atoms with Gasteiger partial charge < -0.3 is 5.32 Å². The van der Waals surface area contributed by atoms with Crippen molar-refractivity contribution in [1.29, 1.82) is 0 Å². The highest BCUT2D eigenvalue weighted by Crippen LogP contribution is 2.26. The Morgan fingerprint density at radius 3 is 2.63 bits per heavy atom. The van der Waals surface area contributed by atoms with Gasteiger partial charge in [-0.3, -0.25) is 4.57 Å². The maximum absolute atomic E-state index is 6.06. The molecular weight excluding hydrogens is 281 g/mol. The molecule has 102 valence electrons. The van der Waals surface area contributed by atoms with Gasteiger partial charge in [0.05, 0.1) is 21.4 Å². The van der Waals surface area contributed by atoms with Crippen LogP contribution in [-0.4, -0.2) is 16.1 Å². The largest absolute Gasteiger partial charge is 0.355 e. The van der Waals surface area contributed by atoms with Crippen LogP contribution >= 0.6 is 23.2 Å². The molecule has 2 rings (SSSR count). The Balaban J connectivity index is 2.35. The molecule has 0 bridgehead atoms. The Bertz CT molecular complexity index is 576. The van der Waals surface area contributed by atoms with Gasteiger partial charge in [0.25, 0.3) is 0 Å². The summed E-state index contributed by atoms with van der Waals surface area (Å²) in [6.07, 6.45) is 1.97. The normalized spacial score (nSPS) is 11.1. The van der Waals surface area contributed by atoms with E-state index in [1.165, 1.54) is 0 Å². The average molecular weight is 298 g/mol. The van der Waals surface area contributed by atoms with Crippen LogP contribution in [0.25, 0.3) is 5.69 Å². The number of anilines is 1. The maximum Gasteiger partial charge on any atom is 0.207 e. The zero-order chi connectivity index (χ0) is 14.0. The summed E-state index contributed by atoms with van der Waals surface area (Å²) < 4.78 is 1.99. The zero-order valence-electron chi connectivity index (χ0n) is 11.2. The Morgan fingerprint density at radius 2 is 2.00 bits per heavy atom. The van der Waals surface area contributed by atoms with Crippen LogP contribution in [0.1, 0.15) is 19.5 Å². The Kier molecular flexibility index (Phi) is 4.38. The van der Waals surface area contributed by atoms with Crippen LogP contribution in [0.3, 0.4) is 0 Å². The third-order valence-electron chi connectivity index (χ3n) is 2.68. The van der Waals surface area contributed by atoms with E-state index in [4.69, 9.17) is 23.2 Å². The topological polar surface area (TPSA) is 29.9 Å². The Hall–Kier alpha value is -1.19. The first-order valence-corrected chi connectivity index (χ1v) is 6.98. The highest BCUT2D eigenvalue weighted by atomic mass is 35.5. The zero-order valence-corrected chi connectivity index (χ0v) is 12.8. The van der Waals surface area contributed by atoms with E-state index in [0.717, 1.165) is 23.9 Å². The number of nitrogens with zero attached hydrogens (tertiary/aromatic N) is 2. The summed E-state index contributed by atoms with van der Waals surface area (Å²) in [7, 11) is 0. The highest BCUT2D eigenvalue weighted by Gasteiger charge is 2.09. The predicted octanol–water partition coefficient (Wildman–Crippen LogP) is 4.56. The summed E-state index contributed by atoms with van der Waals surface area (Å²) in [4.78, 5) is 4.49. The number of aryl methyl sites for hydroxylation is 1. The highest BCUT2D eigenvalue weighted by molar-refractivity contribution is 6.42. The maximum atomic E-state index is 6.06. The molecule has 1 heterocycles. The van der Waals surface area contributed by atoms with Crippen LogP contribution < -0.4 is 5.32 Å². The van der Waals surface area contributed by atoms with Crippen LogP contribution in [-0.2, 0) is 0 Å². The fourth-order valence-electron chi connectivity index (χ4n) is 1.75. The standard InChI is InChI=1S/C14H17Cl2N3/c1-9(2)7-17-14-18-10(3)8-19(14)11-4-5-12(15)13(16)6-11/h4-6,8-9H,7H2,1-3H3,(H,17,18). The van der Waals surface area contributed by atoms with Gasteiger partial charge in [0, 0.05) is 12.7 Å². The number of benzene rings is 1. The molecule has 3 nitrogen and oxygen atoms in total. The molecule has 0 aliphatic carbocycles. The lowest BCUT2D eigenvalue weighted by molar-refractivity contribution is 0.683. The first-order chi connectivity index (χ1) is 8.97.